The van der Waals surface area contributed by atoms with Crippen molar-refractivity contribution in [2.75, 3.05) is 0 Å². The van der Waals surface area contributed by atoms with E-state index in [1.807, 2.05) is 0 Å². The molecule has 0 fully saturated rings. The van der Waals surface area contributed by atoms with Crippen LogP contribution in [0.25, 0.3) is 0 Å². The number of hydrogen-bond donors (Lipinski definition) is 0. The fourth-order valence-corrected chi connectivity index (χ4v) is 2.32. The van der Waals surface area contributed by atoms with Crippen LogP contribution < -0.4 is 0 Å². The molecular weight excluding hydrogens is 192 g/mol. The highest BCUT2D eigenvalue weighted by atomic mass is 14.2. The Morgan fingerprint density at radius 2 is 1.56 bits per heavy atom. The molecule has 0 rings (SSSR count). The molecule has 0 aromatic rings. The van der Waals surface area contributed by atoms with E-state index in [0.29, 0.717) is 0 Å². The van der Waals surface area contributed by atoms with E-state index in [4.69, 9.17) is 0 Å². The zero-order chi connectivity index (χ0) is 12.6. The zero-order valence-corrected chi connectivity index (χ0v) is 12.4. The van der Waals surface area contributed by atoms with Gasteiger partial charge in [-0.2, -0.15) is 0 Å². The van der Waals surface area contributed by atoms with Crippen LogP contribution in [0, 0.1) is 30.1 Å². The van der Waals surface area contributed by atoms with Crippen molar-refractivity contribution < 1.29 is 0 Å². The van der Waals surface area contributed by atoms with Crippen molar-refractivity contribution in [2.24, 2.45) is 23.7 Å². The first-order valence-corrected chi connectivity index (χ1v) is 7.34. The molecule has 16 heavy (non-hydrogen) atoms. The quantitative estimate of drug-likeness (QED) is 0.470. The summed E-state index contributed by atoms with van der Waals surface area (Å²) < 4.78 is 0. The third kappa shape index (κ3) is 7.30. The van der Waals surface area contributed by atoms with Gasteiger partial charge >= 0.3 is 0 Å². The van der Waals surface area contributed by atoms with Gasteiger partial charge in [-0.05, 0) is 42.9 Å². The lowest BCUT2D eigenvalue weighted by Crippen LogP contribution is -2.11. The summed E-state index contributed by atoms with van der Waals surface area (Å²) in [4.78, 5) is 0. The van der Waals surface area contributed by atoms with Gasteiger partial charge < -0.3 is 0 Å². The molecule has 0 heterocycles. The molecule has 97 valence electrons. The maximum absolute atomic E-state index is 2.56. The maximum atomic E-state index is 2.56. The van der Waals surface area contributed by atoms with Crippen LogP contribution in [0.4, 0.5) is 0 Å². The van der Waals surface area contributed by atoms with Gasteiger partial charge in [0.25, 0.3) is 0 Å². The second-order valence-electron chi connectivity index (χ2n) is 5.94. The van der Waals surface area contributed by atoms with Crippen LogP contribution in [-0.2, 0) is 0 Å². The van der Waals surface area contributed by atoms with Crippen molar-refractivity contribution >= 4 is 0 Å². The van der Waals surface area contributed by atoms with Crippen molar-refractivity contribution in [3.63, 3.8) is 0 Å². The van der Waals surface area contributed by atoms with Gasteiger partial charge in [-0.1, -0.05) is 60.8 Å². The molecule has 0 spiro atoms. The molecule has 0 N–H and O–H groups in total. The van der Waals surface area contributed by atoms with Crippen molar-refractivity contribution in [2.45, 2.75) is 73.6 Å². The average molecular weight is 225 g/mol. The van der Waals surface area contributed by atoms with Crippen molar-refractivity contribution in [3.05, 3.63) is 6.42 Å². The lowest BCUT2D eigenvalue weighted by molar-refractivity contribution is 0.338. The normalized spacial score (nSPS) is 19.1. The first-order chi connectivity index (χ1) is 7.51. The first kappa shape index (κ1) is 16.0. The maximum Gasteiger partial charge on any atom is -0.0355 e. The van der Waals surface area contributed by atoms with Crippen LogP contribution in [0.2, 0.25) is 0 Å². The lowest BCUT2D eigenvalue weighted by atomic mass is 9.84. The molecule has 4 atom stereocenters. The molecule has 0 saturated carbocycles. The predicted molar refractivity (Wildman–Crippen MR) is 75.4 cm³/mol. The summed E-state index contributed by atoms with van der Waals surface area (Å²) in [6, 6.07) is 0. The van der Waals surface area contributed by atoms with E-state index in [0.717, 1.165) is 23.7 Å². The van der Waals surface area contributed by atoms with Gasteiger partial charge in [0.1, 0.15) is 0 Å². The van der Waals surface area contributed by atoms with Crippen LogP contribution in [0.3, 0.4) is 0 Å². The lowest BCUT2D eigenvalue weighted by Gasteiger charge is -2.22. The van der Waals surface area contributed by atoms with Gasteiger partial charge in [0.15, 0.2) is 0 Å². The smallest absolute Gasteiger partial charge is 0.0355 e. The molecule has 0 nitrogen and oxygen atoms in total. The largest absolute Gasteiger partial charge is 0.0654 e. The molecule has 0 saturated heterocycles. The van der Waals surface area contributed by atoms with E-state index >= 15 is 0 Å². The minimum absolute atomic E-state index is 0.797. The number of rotatable bonds is 9. The molecule has 0 amide bonds. The molecule has 1 radical (unpaired) electrons. The third-order valence-corrected chi connectivity index (χ3v) is 4.10. The Morgan fingerprint density at radius 3 is 2.06 bits per heavy atom. The molecule has 0 aromatic heterocycles. The van der Waals surface area contributed by atoms with Crippen LogP contribution in [0.15, 0.2) is 0 Å². The summed E-state index contributed by atoms with van der Waals surface area (Å²) in [5, 5.41) is 0. The van der Waals surface area contributed by atoms with Gasteiger partial charge in [0.05, 0.1) is 0 Å². The monoisotopic (exact) mass is 225 g/mol. The molecule has 0 aromatic carbocycles. The highest BCUT2D eigenvalue weighted by Crippen LogP contribution is 2.25. The summed E-state index contributed by atoms with van der Waals surface area (Å²) in [5.74, 6) is 3.43. The SMILES string of the molecule is CCCC(C)C(C)C[CH]C(C)CC(C)CC. The molecular formula is C16H33. The van der Waals surface area contributed by atoms with Crippen molar-refractivity contribution in [1.82, 2.24) is 0 Å². The molecule has 0 heteroatoms. The summed E-state index contributed by atoms with van der Waals surface area (Å²) in [7, 11) is 0. The van der Waals surface area contributed by atoms with Crippen molar-refractivity contribution in [1.29, 1.82) is 0 Å². The standard InChI is InChI=1S/C16H33/c1-7-9-15(5)16(6)11-10-14(4)12-13(3)8-2/h10,13-16H,7-9,11-12H2,1-6H3. The predicted octanol–water partition coefficient (Wildman–Crippen LogP) is 5.73. The second kappa shape index (κ2) is 9.07. The van der Waals surface area contributed by atoms with Crippen LogP contribution in [-0.4, -0.2) is 0 Å². The number of hydrogen-bond acceptors (Lipinski definition) is 0. The van der Waals surface area contributed by atoms with E-state index < -0.39 is 0 Å². The topological polar surface area (TPSA) is 0 Å². The van der Waals surface area contributed by atoms with Crippen LogP contribution in [0.1, 0.15) is 73.6 Å². The van der Waals surface area contributed by atoms with Gasteiger partial charge in [0.2, 0.25) is 0 Å². The Kier molecular flexibility index (Phi) is 9.07. The first-order valence-electron chi connectivity index (χ1n) is 7.34. The highest BCUT2D eigenvalue weighted by molar-refractivity contribution is 4.78. The summed E-state index contributed by atoms with van der Waals surface area (Å²) >= 11 is 0. The average Bonchev–Trinajstić information content (AvgIpc) is 2.25. The minimum Gasteiger partial charge on any atom is -0.0654 e. The van der Waals surface area contributed by atoms with E-state index in [9.17, 15) is 0 Å². The van der Waals surface area contributed by atoms with E-state index in [-0.39, 0.29) is 0 Å². The Labute approximate surface area is 104 Å². The van der Waals surface area contributed by atoms with E-state index in [2.05, 4.69) is 48.0 Å². The Bertz CT molecular complexity index is 150. The highest BCUT2D eigenvalue weighted by Gasteiger charge is 2.14. The second-order valence-corrected chi connectivity index (χ2v) is 5.94. The minimum atomic E-state index is 0.797. The van der Waals surface area contributed by atoms with Crippen molar-refractivity contribution in [3.8, 4) is 0 Å². The van der Waals surface area contributed by atoms with E-state index in [1.54, 1.807) is 0 Å². The zero-order valence-electron chi connectivity index (χ0n) is 12.4. The van der Waals surface area contributed by atoms with E-state index in [1.165, 1.54) is 32.1 Å². The van der Waals surface area contributed by atoms with Crippen LogP contribution >= 0.6 is 0 Å². The Morgan fingerprint density at radius 1 is 0.938 bits per heavy atom. The van der Waals surface area contributed by atoms with Gasteiger partial charge in [-0.15, -0.1) is 0 Å². The molecule has 0 aliphatic rings. The Balaban J connectivity index is 3.69. The fourth-order valence-electron chi connectivity index (χ4n) is 2.32. The van der Waals surface area contributed by atoms with Gasteiger partial charge in [0, 0.05) is 0 Å². The van der Waals surface area contributed by atoms with Gasteiger partial charge in [-0.3, -0.25) is 0 Å². The summed E-state index contributed by atoms with van der Waals surface area (Å²) in [6.07, 6.45) is 9.26. The summed E-state index contributed by atoms with van der Waals surface area (Å²) in [6.45, 7) is 14.1. The fraction of sp³-hybridized carbons (Fsp3) is 0.938. The molecule has 0 bridgehead atoms. The summed E-state index contributed by atoms with van der Waals surface area (Å²) in [5.41, 5.74) is 0. The van der Waals surface area contributed by atoms with Crippen LogP contribution in [0.5, 0.6) is 0 Å². The molecule has 0 aliphatic heterocycles. The molecule has 0 aliphatic carbocycles. The third-order valence-electron chi connectivity index (χ3n) is 4.10. The Hall–Kier alpha value is 0. The molecule has 4 unspecified atom stereocenters. The van der Waals surface area contributed by atoms with Gasteiger partial charge in [-0.25, -0.2) is 0 Å².